The molecule has 1 amide bonds. The van der Waals surface area contributed by atoms with E-state index in [0.29, 0.717) is 81.4 Å². The molecule has 2 aromatic heterocycles. The third kappa shape index (κ3) is 7.80. The molecule has 1 unspecified atom stereocenters. The molecule has 2 atom stereocenters. The molecule has 0 radical (unpaired) electrons. The fourth-order valence-corrected chi connectivity index (χ4v) is 6.90. The summed E-state index contributed by atoms with van der Waals surface area (Å²) in [6.45, 7) is 8.79. The van der Waals surface area contributed by atoms with Crippen molar-refractivity contribution in [2.45, 2.75) is 51.4 Å². The molecule has 2 aliphatic heterocycles. The molecule has 2 fully saturated rings. The zero-order valence-electron chi connectivity index (χ0n) is 27.9. The maximum Gasteiger partial charge on any atom is 0.237 e. The standard InChI is InChI=1S/C36H40Cl2N8O3/c1-21-11-12-23(43-21)15-39-16-31-35(48-3)44-29(17-41-31)27-9-5-7-25(33(27)37)26-8-6-10-28(34(26)38)30-18-42-32(36(45-30)49-4)19-40-24-13-14-46(20-24)22(2)47/h5-10,17-18,23-24,39-40,43H,1,11-16,19-20H2,2-4H3/t23-,24?/m1/s1. The normalized spacial score (nSPS) is 17.3. The van der Waals surface area contributed by atoms with Crippen LogP contribution in [0.2, 0.25) is 10.0 Å². The fourth-order valence-electron chi connectivity index (χ4n) is 6.25. The number of nitrogens with one attached hydrogen (secondary N) is 3. The first-order valence-corrected chi connectivity index (χ1v) is 17.0. The third-order valence-corrected chi connectivity index (χ3v) is 9.74. The van der Waals surface area contributed by atoms with Crippen molar-refractivity contribution in [2.24, 2.45) is 0 Å². The number of hydrogen-bond acceptors (Lipinski definition) is 10. The minimum atomic E-state index is 0.0877. The van der Waals surface area contributed by atoms with Gasteiger partial charge in [-0.3, -0.25) is 14.8 Å². The van der Waals surface area contributed by atoms with Crippen LogP contribution in [0.15, 0.2) is 61.1 Å². The summed E-state index contributed by atoms with van der Waals surface area (Å²) < 4.78 is 11.2. The molecule has 4 aromatic rings. The van der Waals surface area contributed by atoms with E-state index in [1.807, 2.05) is 41.3 Å². The minimum absolute atomic E-state index is 0.0877. The lowest BCUT2D eigenvalue weighted by molar-refractivity contribution is -0.127. The second-order valence-electron chi connectivity index (χ2n) is 12.2. The third-order valence-electron chi connectivity index (χ3n) is 8.93. The maximum absolute atomic E-state index is 11.7. The number of methoxy groups -OCH3 is 2. The summed E-state index contributed by atoms with van der Waals surface area (Å²) in [5.41, 5.74) is 6.47. The Bertz CT molecular complexity index is 1860. The average molecular weight is 704 g/mol. The van der Waals surface area contributed by atoms with Gasteiger partial charge >= 0.3 is 0 Å². The highest BCUT2D eigenvalue weighted by Gasteiger charge is 2.25. The van der Waals surface area contributed by atoms with Gasteiger partial charge in [0.2, 0.25) is 17.7 Å². The number of likely N-dealkylation sites (tertiary alicyclic amines) is 1. The highest BCUT2D eigenvalue weighted by molar-refractivity contribution is 6.39. The van der Waals surface area contributed by atoms with Gasteiger partial charge < -0.3 is 30.3 Å². The van der Waals surface area contributed by atoms with Gasteiger partial charge in [0.05, 0.1) is 48.0 Å². The first kappa shape index (κ1) is 34.6. The zero-order valence-corrected chi connectivity index (χ0v) is 29.4. The number of rotatable bonds is 12. The molecule has 256 valence electrons. The van der Waals surface area contributed by atoms with Crippen LogP contribution in [0.4, 0.5) is 0 Å². The van der Waals surface area contributed by atoms with Crippen LogP contribution in [-0.2, 0) is 17.9 Å². The van der Waals surface area contributed by atoms with Gasteiger partial charge in [-0.1, -0.05) is 66.2 Å². The predicted molar refractivity (Wildman–Crippen MR) is 192 cm³/mol. The second kappa shape index (κ2) is 15.5. The van der Waals surface area contributed by atoms with Crippen LogP contribution in [0.5, 0.6) is 11.8 Å². The van der Waals surface area contributed by atoms with Crippen molar-refractivity contribution in [3.63, 3.8) is 0 Å². The number of ether oxygens (including phenoxy) is 2. The summed E-state index contributed by atoms with van der Waals surface area (Å²) in [6.07, 6.45) is 6.35. The highest BCUT2D eigenvalue weighted by Crippen LogP contribution is 2.42. The Balaban J connectivity index is 1.20. The number of hydrogen-bond donors (Lipinski definition) is 3. The fraction of sp³-hybridized carbons (Fsp3) is 0.361. The van der Waals surface area contributed by atoms with Crippen molar-refractivity contribution in [3.05, 3.63) is 82.5 Å². The quantitative estimate of drug-likeness (QED) is 0.170. The number of halogens is 2. The Morgan fingerprint density at radius 3 is 2.00 bits per heavy atom. The molecule has 2 aliphatic rings. The number of benzene rings is 2. The van der Waals surface area contributed by atoms with Crippen molar-refractivity contribution >= 4 is 29.1 Å². The van der Waals surface area contributed by atoms with Crippen molar-refractivity contribution in [3.8, 4) is 45.4 Å². The summed E-state index contributed by atoms with van der Waals surface area (Å²) in [7, 11) is 3.16. The Hall–Kier alpha value is -4.29. The molecule has 0 saturated carbocycles. The topological polar surface area (TPSA) is 126 Å². The van der Waals surface area contributed by atoms with E-state index in [2.05, 4.69) is 32.5 Å². The first-order valence-electron chi connectivity index (χ1n) is 16.3. The van der Waals surface area contributed by atoms with Gasteiger partial charge in [0.25, 0.3) is 0 Å². The van der Waals surface area contributed by atoms with Crippen molar-refractivity contribution in [1.82, 2.24) is 40.8 Å². The van der Waals surface area contributed by atoms with Crippen LogP contribution in [0, 0.1) is 0 Å². The van der Waals surface area contributed by atoms with Gasteiger partial charge in [-0.2, -0.15) is 0 Å². The number of carbonyl (C=O) groups excluding carboxylic acids is 1. The lowest BCUT2D eigenvalue weighted by Gasteiger charge is -2.16. The predicted octanol–water partition coefficient (Wildman–Crippen LogP) is 5.66. The molecular weight excluding hydrogens is 663 g/mol. The number of aromatic nitrogens is 4. The van der Waals surface area contributed by atoms with E-state index >= 15 is 0 Å². The molecule has 2 saturated heterocycles. The number of nitrogens with zero attached hydrogens (tertiary/aromatic N) is 5. The molecular formula is C36H40Cl2N8O3. The molecule has 2 aromatic carbocycles. The first-order chi connectivity index (χ1) is 23.7. The van der Waals surface area contributed by atoms with Crippen LogP contribution in [0.3, 0.4) is 0 Å². The Morgan fingerprint density at radius 1 is 0.918 bits per heavy atom. The van der Waals surface area contributed by atoms with Gasteiger partial charge in [0, 0.05) is 79.7 Å². The van der Waals surface area contributed by atoms with Crippen LogP contribution < -0.4 is 25.4 Å². The molecule has 3 N–H and O–H groups in total. The SMILES string of the molecule is C=C1CC[C@H](CNCc2ncc(-c3cccc(-c4cccc(-c5cnc(CNC6CCN(C(C)=O)C6)c(OC)n5)c4Cl)c3Cl)nc2OC)N1. The number of amides is 1. The highest BCUT2D eigenvalue weighted by atomic mass is 35.5. The van der Waals surface area contributed by atoms with Gasteiger partial charge in [0.15, 0.2) is 0 Å². The van der Waals surface area contributed by atoms with Crippen LogP contribution in [0.1, 0.15) is 37.6 Å². The molecule has 13 heteroatoms. The lowest BCUT2D eigenvalue weighted by Crippen LogP contribution is -2.34. The summed E-state index contributed by atoms with van der Waals surface area (Å²) in [5, 5.41) is 11.3. The van der Waals surface area contributed by atoms with Crippen molar-refractivity contribution < 1.29 is 14.3 Å². The smallest absolute Gasteiger partial charge is 0.237 e. The van der Waals surface area contributed by atoms with E-state index in [4.69, 9.17) is 42.6 Å². The molecule has 49 heavy (non-hydrogen) atoms. The molecule has 6 rings (SSSR count). The average Bonchev–Trinajstić information content (AvgIpc) is 3.77. The molecule has 11 nitrogen and oxygen atoms in total. The van der Waals surface area contributed by atoms with Crippen molar-refractivity contribution in [2.75, 3.05) is 33.9 Å². The van der Waals surface area contributed by atoms with Crippen LogP contribution >= 0.6 is 23.2 Å². The van der Waals surface area contributed by atoms with Gasteiger partial charge in [0.1, 0.15) is 11.4 Å². The summed E-state index contributed by atoms with van der Waals surface area (Å²) in [5.74, 6) is 0.924. The minimum Gasteiger partial charge on any atom is -0.480 e. The van der Waals surface area contributed by atoms with Crippen LogP contribution in [-0.4, -0.2) is 76.7 Å². The van der Waals surface area contributed by atoms with Gasteiger partial charge in [-0.25, -0.2) is 9.97 Å². The van der Waals surface area contributed by atoms with E-state index in [1.54, 1.807) is 33.5 Å². The molecule has 0 bridgehead atoms. The number of carbonyl (C=O) groups is 1. The Labute approximate surface area is 296 Å². The zero-order chi connectivity index (χ0) is 34.5. The molecule has 0 spiro atoms. The lowest BCUT2D eigenvalue weighted by atomic mass is 9.98. The summed E-state index contributed by atoms with van der Waals surface area (Å²) in [4.78, 5) is 32.4. The summed E-state index contributed by atoms with van der Waals surface area (Å²) in [6, 6.07) is 12.0. The Morgan fingerprint density at radius 2 is 1.49 bits per heavy atom. The summed E-state index contributed by atoms with van der Waals surface area (Å²) >= 11 is 14.1. The Kier molecular flexibility index (Phi) is 10.9. The van der Waals surface area contributed by atoms with Gasteiger partial charge in [-0.05, 0) is 19.3 Å². The second-order valence-corrected chi connectivity index (χ2v) is 13.0. The maximum atomic E-state index is 11.7. The molecule has 4 heterocycles. The van der Waals surface area contributed by atoms with Crippen LogP contribution in [0.25, 0.3) is 33.6 Å². The monoisotopic (exact) mass is 702 g/mol. The number of allylic oxidation sites excluding steroid dienone is 1. The van der Waals surface area contributed by atoms with E-state index in [0.717, 1.165) is 49.2 Å². The van der Waals surface area contributed by atoms with E-state index in [1.165, 1.54) is 0 Å². The van der Waals surface area contributed by atoms with Crippen molar-refractivity contribution in [1.29, 1.82) is 0 Å². The van der Waals surface area contributed by atoms with Gasteiger partial charge in [-0.15, -0.1) is 0 Å². The van der Waals surface area contributed by atoms with E-state index in [-0.39, 0.29) is 11.9 Å². The van der Waals surface area contributed by atoms with E-state index in [9.17, 15) is 4.79 Å². The largest absolute Gasteiger partial charge is 0.480 e. The van der Waals surface area contributed by atoms with E-state index < -0.39 is 0 Å². The molecule has 0 aliphatic carbocycles.